The highest BCUT2D eigenvalue weighted by atomic mass is 16.2. The third-order valence-electron chi connectivity index (χ3n) is 1.64. The molecule has 1 unspecified atom stereocenters. The van der Waals surface area contributed by atoms with Gasteiger partial charge in [-0.25, -0.2) is 4.79 Å². The summed E-state index contributed by atoms with van der Waals surface area (Å²) in [6.45, 7) is 1.40. The lowest BCUT2D eigenvalue weighted by molar-refractivity contribution is 0.252. The largest absolute Gasteiger partial charge is 0.354 e. The predicted molar refractivity (Wildman–Crippen MR) is 45.9 cm³/mol. The minimum absolute atomic E-state index is 0.323. The van der Waals surface area contributed by atoms with Crippen LogP contribution in [0.15, 0.2) is 4.99 Å². The number of carbonyl (C=O) groups is 1. The summed E-state index contributed by atoms with van der Waals surface area (Å²) in [5, 5.41) is 8.37. The van der Waals surface area contributed by atoms with Crippen molar-refractivity contribution in [3.05, 3.63) is 0 Å². The third kappa shape index (κ3) is 2.39. The number of nitrogens with zero attached hydrogens (tertiary/aromatic N) is 1. The first-order valence-corrected chi connectivity index (χ1v) is 3.74. The van der Waals surface area contributed by atoms with Gasteiger partial charge in [0.05, 0.1) is 6.54 Å². The maximum absolute atomic E-state index is 10.4. The molecule has 2 amide bonds. The van der Waals surface area contributed by atoms with Crippen LogP contribution in [0.25, 0.3) is 0 Å². The molecular weight excluding hydrogens is 158 g/mol. The molecule has 0 radical (unpaired) electrons. The van der Waals surface area contributed by atoms with Crippen LogP contribution in [-0.2, 0) is 0 Å². The van der Waals surface area contributed by atoms with Crippen molar-refractivity contribution >= 4 is 12.0 Å². The molecule has 1 aliphatic rings. The number of aliphatic imine (C=N–C) groups is 1. The first-order chi connectivity index (χ1) is 5.72. The summed E-state index contributed by atoms with van der Waals surface area (Å²) < 4.78 is 0. The van der Waals surface area contributed by atoms with Gasteiger partial charge in [0, 0.05) is 12.6 Å². The Morgan fingerprint density at radius 2 is 2.58 bits per heavy atom. The monoisotopic (exact) mass is 171 g/mol. The molecule has 0 aromatic rings. The molecule has 0 spiro atoms. The zero-order valence-corrected chi connectivity index (χ0v) is 6.92. The Morgan fingerprint density at radius 1 is 1.83 bits per heavy atom. The number of carbonyl (C=O) groups excluding carboxylic acids is 1. The molecule has 0 saturated heterocycles. The fraction of sp³-hybridized carbons (Fsp3) is 0.667. The quantitative estimate of drug-likeness (QED) is 0.375. The molecule has 0 saturated carbocycles. The first kappa shape index (κ1) is 8.79. The summed E-state index contributed by atoms with van der Waals surface area (Å²) in [5.41, 5.74) is 4.90. The highest BCUT2D eigenvalue weighted by molar-refractivity contribution is 5.95. The Labute approximate surface area is 70.6 Å². The number of urea groups is 1. The van der Waals surface area contributed by atoms with E-state index >= 15 is 0 Å². The van der Waals surface area contributed by atoms with Crippen LogP contribution in [0.1, 0.15) is 0 Å². The molecule has 1 rings (SSSR count). The molecule has 12 heavy (non-hydrogen) atoms. The van der Waals surface area contributed by atoms with Gasteiger partial charge in [-0.15, -0.1) is 0 Å². The molecular formula is C6H13N5O. The lowest BCUT2D eigenvalue weighted by atomic mass is 10.3. The van der Waals surface area contributed by atoms with Crippen LogP contribution < -0.4 is 21.7 Å². The summed E-state index contributed by atoms with van der Waals surface area (Å²) in [6, 6.07) is -0.271. The maximum atomic E-state index is 10.4. The normalized spacial score (nSPS) is 22.4. The van der Waals surface area contributed by atoms with Gasteiger partial charge in [-0.05, 0) is 7.05 Å². The number of rotatable bonds is 1. The average Bonchev–Trinajstić information content (AvgIpc) is 2.05. The summed E-state index contributed by atoms with van der Waals surface area (Å²) in [6.07, 6.45) is 0. The molecule has 1 heterocycles. The van der Waals surface area contributed by atoms with Gasteiger partial charge in [-0.3, -0.25) is 10.3 Å². The molecule has 0 aromatic heterocycles. The Balaban J connectivity index is 2.39. The van der Waals surface area contributed by atoms with E-state index in [9.17, 15) is 4.79 Å². The minimum Gasteiger partial charge on any atom is -0.354 e. The number of nitrogens with one attached hydrogen (secondary N) is 3. The molecule has 5 N–H and O–H groups in total. The van der Waals surface area contributed by atoms with E-state index in [2.05, 4.69) is 20.9 Å². The van der Waals surface area contributed by atoms with Gasteiger partial charge in [-0.1, -0.05) is 0 Å². The molecule has 1 atom stereocenters. The minimum atomic E-state index is -0.593. The molecule has 6 heteroatoms. The van der Waals surface area contributed by atoms with E-state index in [4.69, 9.17) is 5.73 Å². The molecule has 0 aromatic carbocycles. The molecule has 1 aliphatic heterocycles. The van der Waals surface area contributed by atoms with Crippen molar-refractivity contribution in [2.75, 3.05) is 20.1 Å². The van der Waals surface area contributed by atoms with Crippen molar-refractivity contribution in [3.8, 4) is 0 Å². The summed E-state index contributed by atoms with van der Waals surface area (Å²) in [5.74, 6) is 0.453. The van der Waals surface area contributed by atoms with Crippen LogP contribution in [0, 0.1) is 0 Å². The summed E-state index contributed by atoms with van der Waals surface area (Å²) in [7, 11) is 1.87. The number of nitrogens with two attached hydrogens (primary N) is 1. The van der Waals surface area contributed by atoms with E-state index in [1.165, 1.54) is 0 Å². The van der Waals surface area contributed by atoms with Crippen molar-refractivity contribution in [1.29, 1.82) is 0 Å². The van der Waals surface area contributed by atoms with Gasteiger partial charge in [0.15, 0.2) is 5.96 Å². The van der Waals surface area contributed by atoms with Crippen LogP contribution in [0.4, 0.5) is 4.79 Å². The van der Waals surface area contributed by atoms with E-state index in [1.807, 2.05) is 7.05 Å². The third-order valence-corrected chi connectivity index (χ3v) is 1.64. The Hall–Kier alpha value is -1.30. The SMILES string of the molecule is CNC1CN=C(NC(N)=O)NC1. The van der Waals surface area contributed by atoms with Crippen LogP contribution in [-0.4, -0.2) is 38.2 Å². The Bertz CT molecular complexity index is 202. The van der Waals surface area contributed by atoms with Crippen molar-refractivity contribution in [3.63, 3.8) is 0 Å². The summed E-state index contributed by atoms with van der Waals surface area (Å²) in [4.78, 5) is 14.4. The second-order valence-electron chi connectivity index (χ2n) is 2.55. The van der Waals surface area contributed by atoms with Crippen LogP contribution in [0.2, 0.25) is 0 Å². The van der Waals surface area contributed by atoms with Crippen molar-refractivity contribution in [2.45, 2.75) is 6.04 Å². The van der Waals surface area contributed by atoms with Gasteiger partial charge in [0.2, 0.25) is 0 Å². The number of hydrogen-bond donors (Lipinski definition) is 4. The predicted octanol–water partition coefficient (Wildman–Crippen LogP) is -1.80. The van der Waals surface area contributed by atoms with Crippen molar-refractivity contribution in [2.24, 2.45) is 10.7 Å². The van der Waals surface area contributed by atoms with Gasteiger partial charge < -0.3 is 16.4 Å². The van der Waals surface area contributed by atoms with Crippen LogP contribution in [0.3, 0.4) is 0 Å². The molecule has 0 bridgehead atoms. The van der Waals surface area contributed by atoms with Crippen molar-refractivity contribution in [1.82, 2.24) is 16.0 Å². The number of amides is 2. The van der Waals surface area contributed by atoms with E-state index in [0.717, 1.165) is 6.54 Å². The highest BCUT2D eigenvalue weighted by Gasteiger charge is 2.12. The van der Waals surface area contributed by atoms with Gasteiger partial charge in [-0.2, -0.15) is 0 Å². The molecule has 0 aliphatic carbocycles. The fourth-order valence-corrected chi connectivity index (χ4v) is 0.936. The smallest absolute Gasteiger partial charge is 0.318 e. The average molecular weight is 171 g/mol. The zero-order chi connectivity index (χ0) is 8.97. The first-order valence-electron chi connectivity index (χ1n) is 3.74. The molecule has 6 nitrogen and oxygen atoms in total. The number of hydrogen-bond acceptors (Lipinski definition) is 4. The second-order valence-corrected chi connectivity index (χ2v) is 2.55. The van der Waals surface area contributed by atoms with E-state index in [1.54, 1.807) is 0 Å². The van der Waals surface area contributed by atoms with Gasteiger partial charge in [0.1, 0.15) is 0 Å². The zero-order valence-electron chi connectivity index (χ0n) is 6.92. The van der Waals surface area contributed by atoms with Gasteiger partial charge in [0.25, 0.3) is 0 Å². The van der Waals surface area contributed by atoms with Gasteiger partial charge >= 0.3 is 6.03 Å². The topological polar surface area (TPSA) is 91.5 Å². The van der Waals surface area contributed by atoms with Crippen molar-refractivity contribution < 1.29 is 4.79 Å². The Morgan fingerprint density at radius 3 is 3.00 bits per heavy atom. The van der Waals surface area contributed by atoms with Crippen LogP contribution in [0.5, 0.6) is 0 Å². The highest BCUT2D eigenvalue weighted by Crippen LogP contribution is 1.88. The lowest BCUT2D eigenvalue weighted by Gasteiger charge is -2.21. The van der Waals surface area contributed by atoms with E-state index < -0.39 is 6.03 Å². The summed E-state index contributed by atoms with van der Waals surface area (Å²) >= 11 is 0. The lowest BCUT2D eigenvalue weighted by Crippen LogP contribution is -2.52. The van der Waals surface area contributed by atoms with Crippen LogP contribution >= 0.6 is 0 Å². The standard InChI is InChI=1S/C6H13N5O/c1-8-4-2-9-6(10-3-4)11-5(7)12/h4,8H,2-3H2,1H3,(H4,7,9,10,11,12). The molecule has 68 valence electrons. The Kier molecular flexibility index (Phi) is 2.87. The number of primary amides is 1. The second kappa shape index (κ2) is 3.91. The van der Waals surface area contributed by atoms with E-state index in [0.29, 0.717) is 18.5 Å². The maximum Gasteiger partial charge on any atom is 0.318 e. The molecule has 0 fully saturated rings. The van der Waals surface area contributed by atoms with E-state index in [-0.39, 0.29) is 0 Å². The fourth-order valence-electron chi connectivity index (χ4n) is 0.936. The number of guanidine groups is 1. The number of likely N-dealkylation sites (N-methyl/N-ethyl adjacent to an activating group) is 1.